The van der Waals surface area contributed by atoms with E-state index in [1.807, 2.05) is 30.9 Å². The molecular formula is C16H18N4. The van der Waals surface area contributed by atoms with E-state index in [1.54, 1.807) is 0 Å². The van der Waals surface area contributed by atoms with Gasteiger partial charge in [0.2, 0.25) is 0 Å². The minimum atomic E-state index is 0.758. The summed E-state index contributed by atoms with van der Waals surface area (Å²) in [4.78, 5) is 4.63. The zero-order valence-electron chi connectivity index (χ0n) is 12.0. The van der Waals surface area contributed by atoms with Gasteiger partial charge in [-0.25, -0.2) is 0 Å². The van der Waals surface area contributed by atoms with Gasteiger partial charge in [0.15, 0.2) is 0 Å². The van der Waals surface area contributed by atoms with E-state index >= 15 is 0 Å². The molecule has 0 aliphatic heterocycles. The van der Waals surface area contributed by atoms with Crippen LogP contribution in [-0.2, 0) is 13.6 Å². The summed E-state index contributed by atoms with van der Waals surface area (Å²) >= 11 is 0. The fraction of sp³-hybridized carbons (Fsp3) is 0.250. The van der Waals surface area contributed by atoms with Crippen LogP contribution in [0.25, 0.3) is 10.9 Å². The SMILES string of the molecule is Cc1ccc2cccc(NCc3cnn(C)c3C)c2n1. The van der Waals surface area contributed by atoms with Crippen LogP contribution in [0.1, 0.15) is 17.0 Å². The summed E-state index contributed by atoms with van der Waals surface area (Å²) in [6.45, 7) is 4.85. The number of nitrogens with zero attached hydrogens (tertiary/aromatic N) is 3. The van der Waals surface area contributed by atoms with Crippen molar-refractivity contribution < 1.29 is 0 Å². The number of benzene rings is 1. The zero-order chi connectivity index (χ0) is 14.1. The number of para-hydroxylation sites is 1. The highest BCUT2D eigenvalue weighted by atomic mass is 15.3. The van der Waals surface area contributed by atoms with E-state index in [4.69, 9.17) is 0 Å². The molecule has 0 fully saturated rings. The highest BCUT2D eigenvalue weighted by Gasteiger charge is 2.06. The summed E-state index contributed by atoms with van der Waals surface area (Å²) < 4.78 is 1.89. The van der Waals surface area contributed by atoms with Gasteiger partial charge in [-0.3, -0.25) is 9.67 Å². The Bertz CT molecular complexity index is 758. The normalized spacial score (nSPS) is 10.9. The van der Waals surface area contributed by atoms with Gasteiger partial charge in [0, 0.05) is 35.9 Å². The van der Waals surface area contributed by atoms with E-state index in [2.05, 4.69) is 46.6 Å². The van der Waals surface area contributed by atoms with Crippen molar-refractivity contribution in [2.45, 2.75) is 20.4 Å². The Morgan fingerprint density at radius 3 is 2.75 bits per heavy atom. The van der Waals surface area contributed by atoms with Crippen molar-refractivity contribution in [1.29, 1.82) is 0 Å². The van der Waals surface area contributed by atoms with Crippen molar-refractivity contribution in [3.63, 3.8) is 0 Å². The number of anilines is 1. The molecule has 0 saturated carbocycles. The molecule has 0 spiro atoms. The lowest BCUT2D eigenvalue weighted by molar-refractivity contribution is 0.738. The summed E-state index contributed by atoms with van der Waals surface area (Å²) in [5.74, 6) is 0. The Hall–Kier alpha value is -2.36. The number of fused-ring (bicyclic) bond motifs is 1. The first kappa shape index (κ1) is 12.7. The molecule has 0 aliphatic rings. The number of hydrogen-bond acceptors (Lipinski definition) is 3. The largest absolute Gasteiger partial charge is 0.379 e. The lowest BCUT2D eigenvalue weighted by Gasteiger charge is -2.09. The van der Waals surface area contributed by atoms with Crippen molar-refractivity contribution in [2.75, 3.05) is 5.32 Å². The van der Waals surface area contributed by atoms with Crippen LogP contribution in [-0.4, -0.2) is 14.8 Å². The van der Waals surface area contributed by atoms with Crippen LogP contribution in [0.5, 0.6) is 0 Å². The second kappa shape index (κ2) is 4.96. The van der Waals surface area contributed by atoms with E-state index in [1.165, 1.54) is 11.3 Å². The van der Waals surface area contributed by atoms with Crippen LogP contribution in [0.3, 0.4) is 0 Å². The topological polar surface area (TPSA) is 42.7 Å². The van der Waals surface area contributed by atoms with Gasteiger partial charge in [-0.1, -0.05) is 18.2 Å². The second-order valence-electron chi connectivity index (χ2n) is 5.06. The summed E-state index contributed by atoms with van der Waals surface area (Å²) in [6.07, 6.45) is 1.91. The Balaban J connectivity index is 1.91. The summed E-state index contributed by atoms with van der Waals surface area (Å²) in [5, 5.41) is 8.89. The molecule has 0 saturated heterocycles. The Morgan fingerprint density at radius 1 is 1.15 bits per heavy atom. The number of aryl methyl sites for hydroxylation is 2. The predicted molar refractivity (Wildman–Crippen MR) is 81.8 cm³/mol. The monoisotopic (exact) mass is 266 g/mol. The molecule has 20 heavy (non-hydrogen) atoms. The summed E-state index contributed by atoms with van der Waals surface area (Å²) in [7, 11) is 1.96. The molecule has 1 aromatic carbocycles. The van der Waals surface area contributed by atoms with Crippen molar-refractivity contribution in [3.05, 3.63) is 53.5 Å². The number of nitrogens with one attached hydrogen (secondary N) is 1. The number of pyridine rings is 1. The van der Waals surface area contributed by atoms with Crippen LogP contribution in [0.2, 0.25) is 0 Å². The molecule has 2 heterocycles. The number of rotatable bonds is 3. The lowest BCUT2D eigenvalue weighted by atomic mass is 10.1. The zero-order valence-corrected chi connectivity index (χ0v) is 12.0. The molecule has 4 nitrogen and oxygen atoms in total. The summed E-state index contributed by atoms with van der Waals surface area (Å²) in [5.41, 5.74) is 5.51. The second-order valence-corrected chi connectivity index (χ2v) is 5.06. The van der Waals surface area contributed by atoms with E-state index in [-0.39, 0.29) is 0 Å². The third-order valence-corrected chi connectivity index (χ3v) is 3.67. The highest BCUT2D eigenvalue weighted by molar-refractivity contribution is 5.90. The molecule has 4 heteroatoms. The van der Waals surface area contributed by atoms with Crippen LogP contribution in [0.4, 0.5) is 5.69 Å². The van der Waals surface area contributed by atoms with E-state index in [9.17, 15) is 0 Å². The maximum absolute atomic E-state index is 4.63. The quantitative estimate of drug-likeness (QED) is 0.791. The van der Waals surface area contributed by atoms with Crippen LogP contribution in [0.15, 0.2) is 36.5 Å². The van der Waals surface area contributed by atoms with Gasteiger partial charge < -0.3 is 5.32 Å². The molecule has 0 amide bonds. The fourth-order valence-corrected chi connectivity index (χ4v) is 2.30. The average molecular weight is 266 g/mol. The van der Waals surface area contributed by atoms with Gasteiger partial charge in [-0.2, -0.15) is 5.10 Å². The molecule has 0 radical (unpaired) electrons. The lowest BCUT2D eigenvalue weighted by Crippen LogP contribution is -2.02. The molecule has 102 valence electrons. The average Bonchev–Trinajstić information content (AvgIpc) is 2.76. The molecule has 2 aromatic heterocycles. The first-order chi connectivity index (χ1) is 9.65. The smallest absolute Gasteiger partial charge is 0.0936 e. The van der Waals surface area contributed by atoms with Gasteiger partial charge in [-0.05, 0) is 26.0 Å². The van der Waals surface area contributed by atoms with Crippen LogP contribution < -0.4 is 5.32 Å². The van der Waals surface area contributed by atoms with Gasteiger partial charge in [-0.15, -0.1) is 0 Å². The molecule has 0 aliphatic carbocycles. The van der Waals surface area contributed by atoms with E-state index in [0.29, 0.717) is 0 Å². The fourth-order valence-electron chi connectivity index (χ4n) is 2.30. The minimum absolute atomic E-state index is 0.758. The molecule has 3 aromatic rings. The van der Waals surface area contributed by atoms with Crippen molar-refractivity contribution in [3.8, 4) is 0 Å². The molecule has 0 unspecified atom stereocenters. The van der Waals surface area contributed by atoms with E-state index in [0.717, 1.165) is 28.8 Å². The van der Waals surface area contributed by atoms with Gasteiger partial charge in [0.05, 0.1) is 17.4 Å². The summed E-state index contributed by atoms with van der Waals surface area (Å²) in [6, 6.07) is 10.4. The first-order valence-corrected chi connectivity index (χ1v) is 6.73. The van der Waals surface area contributed by atoms with E-state index < -0.39 is 0 Å². The molecule has 0 bridgehead atoms. The van der Waals surface area contributed by atoms with Crippen molar-refractivity contribution >= 4 is 16.6 Å². The Labute approximate surface area is 118 Å². The predicted octanol–water partition coefficient (Wildman–Crippen LogP) is 3.20. The van der Waals surface area contributed by atoms with Crippen LogP contribution in [0, 0.1) is 13.8 Å². The third kappa shape index (κ3) is 2.25. The maximum Gasteiger partial charge on any atom is 0.0936 e. The van der Waals surface area contributed by atoms with Crippen LogP contribution >= 0.6 is 0 Å². The van der Waals surface area contributed by atoms with Gasteiger partial charge in [0.1, 0.15) is 0 Å². The standard InChI is InChI=1S/C16H18N4/c1-11-7-8-13-5-4-6-15(16(13)19-11)17-9-14-10-18-20(3)12(14)2/h4-8,10,17H,9H2,1-3H3. The minimum Gasteiger partial charge on any atom is -0.379 e. The third-order valence-electron chi connectivity index (χ3n) is 3.67. The Morgan fingerprint density at radius 2 is 2.00 bits per heavy atom. The molecule has 0 atom stereocenters. The Kier molecular flexibility index (Phi) is 3.14. The number of aromatic nitrogens is 3. The molecule has 1 N–H and O–H groups in total. The van der Waals surface area contributed by atoms with Crippen molar-refractivity contribution in [2.24, 2.45) is 7.05 Å². The van der Waals surface area contributed by atoms with Crippen molar-refractivity contribution in [1.82, 2.24) is 14.8 Å². The van der Waals surface area contributed by atoms with Gasteiger partial charge in [0.25, 0.3) is 0 Å². The first-order valence-electron chi connectivity index (χ1n) is 6.73. The highest BCUT2D eigenvalue weighted by Crippen LogP contribution is 2.22. The number of hydrogen-bond donors (Lipinski definition) is 1. The molecule has 3 rings (SSSR count). The van der Waals surface area contributed by atoms with Gasteiger partial charge >= 0.3 is 0 Å². The molecular weight excluding hydrogens is 248 g/mol. The maximum atomic E-state index is 4.63.